The first-order chi connectivity index (χ1) is 11.8. The Morgan fingerprint density at radius 2 is 1.96 bits per heavy atom. The van der Waals surface area contributed by atoms with Gasteiger partial charge in [0.1, 0.15) is 11.5 Å². The molecule has 2 heterocycles. The molecule has 0 amide bonds. The first kappa shape index (κ1) is 14.5. The van der Waals surface area contributed by atoms with Gasteiger partial charge in [-0.3, -0.25) is 0 Å². The molecule has 24 heavy (non-hydrogen) atoms. The minimum Gasteiger partial charge on any atom is -0.244 e. The van der Waals surface area contributed by atoms with E-state index in [4.69, 9.17) is 0 Å². The van der Waals surface area contributed by atoms with Crippen molar-refractivity contribution in [3.05, 3.63) is 58.7 Å². The Bertz CT molecular complexity index is 938. The van der Waals surface area contributed by atoms with E-state index in [1.165, 1.54) is 30.5 Å². The molecule has 0 atom stereocenters. The number of benzene rings is 1. The fourth-order valence-corrected chi connectivity index (χ4v) is 2.86. The van der Waals surface area contributed by atoms with Crippen LogP contribution < -0.4 is 0 Å². The van der Waals surface area contributed by atoms with Crippen molar-refractivity contribution in [2.75, 3.05) is 0 Å². The van der Waals surface area contributed by atoms with E-state index in [1.54, 1.807) is 6.07 Å². The standard InChI is InChI=1S/C18H14FN5/c19-15-10-12(9-14(11-15)18-21-23-24-22-18)5-7-16-8-6-13-3-1-2-4-17(13)20-16/h6,8-11H,1-4H2,(H,21,22,23,24). The van der Waals surface area contributed by atoms with E-state index >= 15 is 0 Å². The summed E-state index contributed by atoms with van der Waals surface area (Å²) in [6.07, 6.45) is 4.50. The van der Waals surface area contributed by atoms with Crippen molar-refractivity contribution in [1.82, 2.24) is 25.6 Å². The monoisotopic (exact) mass is 319 g/mol. The van der Waals surface area contributed by atoms with E-state index in [1.807, 2.05) is 6.07 Å². The Balaban J connectivity index is 1.65. The molecule has 1 N–H and O–H groups in total. The van der Waals surface area contributed by atoms with E-state index in [0.717, 1.165) is 18.5 Å². The Labute approximate surface area is 138 Å². The first-order valence-electron chi connectivity index (χ1n) is 7.83. The average molecular weight is 319 g/mol. The Kier molecular flexibility index (Phi) is 3.75. The van der Waals surface area contributed by atoms with E-state index in [2.05, 4.69) is 43.5 Å². The first-order valence-corrected chi connectivity index (χ1v) is 7.83. The van der Waals surface area contributed by atoms with Gasteiger partial charge in [-0.25, -0.2) is 9.37 Å². The summed E-state index contributed by atoms with van der Waals surface area (Å²) in [4.78, 5) is 4.62. The number of halogens is 1. The third kappa shape index (κ3) is 3.01. The molecular formula is C18H14FN5. The van der Waals surface area contributed by atoms with Crippen molar-refractivity contribution in [2.45, 2.75) is 25.7 Å². The summed E-state index contributed by atoms with van der Waals surface area (Å²) in [5.74, 6) is 5.94. The van der Waals surface area contributed by atoms with Crippen LogP contribution in [-0.2, 0) is 12.8 Å². The quantitative estimate of drug-likeness (QED) is 0.700. The van der Waals surface area contributed by atoms with E-state index in [9.17, 15) is 4.39 Å². The van der Waals surface area contributed by atoms with E-state index < -0.39 is 0 Å². The fraction of sp³-hybridized carbons (Fsp3) is 0.222. The summed E-state index contributed by atoms with van der Waals surface area (Å²) in [7, 11) is 0. The molecule has 3 aromatic rings. The summed E-state index contributed by atoms with van der Waals surface area (Å²) in [5, 5.41) is 13.6. The second-order valence-corrected chi connectivity index (χ2v) is 5.72. The lowest BCUT2D eigenvalue weighted by Crippen LogP contribution is -2.05. The van der Waals surface area contributed by atoms with Gasteiger partial charge >= 0.3 is 0 Å². The summed E-state index contributed by atoms with van der Waals surface area (Å²) < 4.78 is 13.8. The molecule has 1 aliphatic rings. The predicted molar refractivity (Wildman–Crippen MR) is 86.4 cm³/mol. The zero-order valence-electron chi connectivity index (χ0n) is 12.9. The number of aryl methyl sites for hydroxylation is 2. The maximum atomic E-state index is 13.8. The average Bonchev–Trinajstić information content (AvgIpc) is 3.14. The minimum atomic E-state index is -0.389. The second-order valence-electron chi connectivity index (χ2n) is 5.72. The van der Waals surface area contributed by atoms with E-state index in [0.29, 0.717) is 22.6 Å². The highest BCUT2D eigenvalue weighted by molar-refractivity contribution is 5.58. The predicted octanol–water partition coefficient (Wildman–Crippen LogP) is 2.68. The normalized spacial score (nSPS) is 13.0. The number of pyridine rings is 1. The third-order valence-corrected chi connectivity index (χ3v) is 4.01. The second kappa shape index (κ2) is 6.20. The van der Waals surface area contributed by atoms with Gasteiger partial charge in [0.05, 0.1) is 0 Å². The van der Waals surface area contributed by atoms with Crippen LogP contribution in [0.25, 0.3) is 11.4 Å². The molecule has 4 rings (SSSR count). The van der Waals surface area contributed by atoms with Gasteiger partial charge in [-0.2, -0.15) is 5.21 Å². The Morgan fingerprint density at radius 1 is 1.04 bits per heavy atom. The van der Waals surface area contributed by atoms with Crippen LogP contribution in [0.4, 0.5) is 4.39 Å². The zero-order chi connectivity index (χ0) is 16.4. The number of aromatic amines is 1. The highest BCUT2D eigenvalue weighted by atomic mass is 19.1. The molecule has 0 spiro atoms. The van der Waals surface area contributed by atoms with Crippen LogP contribution in [0.15, 0.2) is 30.3 Å². The molecule has 0 radical (unpaired) electrons. The summed E-state index contributed by atoms with van der Waals surface area (Å²) in [5.41, 5.74) is 4.25. The van der Waals surface area contributed by atoms with Crippen molar-refractivity contribution < 1.29 is 4.39 Å². The van der Waals surface area contributed by atoms with Gasteiger partial charge in [-0.15, -0.1) is 10.2 Å². The molecule has 6 heteroatoms. The lowest BCUT2D eigenvalue weighted by atomic mass is 9.96. The number of hydrogen-bond acceptors (Lipinski definition) is 4. The van der Waals surface area contributed by atoms with Crippen LogP contribution in [0.5, 0.6) is 0 Å². The molecule has 1 aliphatic carbocycles. The van der Waals surface area contributed by atoms with Crippen LogP contribution in [0.2, 0.25) is 0 Å². The number of nitrogens with one attached hydrogen (secondary N) is 1. The van der Waals surface area contributed by atoms with Gasteiger partial charge in [0.15, 0.2) is 0 Å². The van der Waals surface area contributed by atoms with E-state index in [-0.39, 0.29) is 5.82 Å². The maximum absolute atomic E-state index is 13.8. The smallest absolute Gasteiger partial charge is 0.204 e. The van der Waals surface area contributed by atoms with Crippen LogP contribution in [0, 0.1) is 17.7 Å². The third-order valence-electron chi connectivity index (χ3n) is 4.01. The number of tetrazole rings is 1. The molecule has 1 aromatic carbocycles. The minimum absolute atomic E-state index is 0.337. The van der Waals surface area contributed by atoms with Crippen LogP contribution >= 0.6 is 0 Å². The van der Waals surface area contributed by atoms with Crippen LogP contribution in [0.1, 0.15) is 35.4 Å². The SMILES string of the molecule is Fc1cc(C#Cc2ccc3c(n2)CCCC3)cc(-c2nn[nH]n2)c1. The van der Waals surface area contributed by atoms with Gasteiger partial charge in [-0.05, 0) is 66.6 Å². The summed E-state index contributed by atoms with van der Waals surface area (Å²) in [6, 6.07) is 8.50. The molecule has 2 aromatic heterocycles. The number of H-pyrrole nitrogens is 1. The number of aromatic nitrogens is 5. The highest BCUT2D eigenvalue weighted by Gasteiger charge is 2.10. The van der Waals surface area contributed by atoms with Gasteiger partial charge in [0.25, 0.3) is 0 Å². The summed E-state index contributed by atoms with van der Waals surface area (Å²) in [6.45, 7) is 0. The van der Waals surface area contributed by atoms with Crippen molar-refractivity contribution >= 4 is 0 Å². The van der Waals surface area contributed by atoms with Gasteiger partial charge in [-0.1, -0.05) is 12.0 Å². The van der Waals surface area contributed by atoms with Crippen LogP contribution in [-0.4, -0.2) is 25.6 Å². The molecule has 0 bridgehead atoms. The van der Waals surface area contributed by atoms with Crippen molar-refractivity contribution in [3.63, 3.8) is 0 Å². The Hall–Kier alpha value is -3.07. The molecule has 5 nitrogen and oxygen atoms in total. The van der Waals surface area contributed by atoms with Crippen molar-refractivity contribution in [3.8, 4) is 23.2 Å². The number of fused-ring (bicyclic) bond motifs is 1. The largest absolute Gasteiger partial charge is 0.244 e. The topological polar surface area (TPSA) is 67.3 Å². The van der Waals surface area contributed by atoms with Gasteiger partial charge in [0.2, 0.25) is 5.82 Å². The molecular weight excluding hydrogens is 305 g/mol. The highest BCUT2D eigenvalue weighted by Crippen LogP contribution is 2.20. The van der Waals surface area contributed by atoms with Gasteiger partial charge < -0.3 is 0 Å². The molecule has 0 unspecified atom stereocenters. The van der Waals surface area contributed by atoms with Crippen molar-refractivity contribution in [1.29, 1.82) is 0 Å². The maximum Gasteiger partial charge on any atom is 0.204 e. The number of hydrogen-bond donors (Lipinski definition) is 1. The van der Waals surface area contributed by atoms with Crippen molar-refractivity contribution in [2.24, 2.45) is 0 Å². The number of nitrogens with zero attached hydrogens (tertiary/aromatic N) is 4. The van der Waals surface area contributed by atoms with Gasteiger partial charge in [0, 0.05) is 16.8 Å². The number of rotatable bonds is 1. The zero-order valence-corrected chi connectivity index (χ0v) is 12.9. The fourth-order valence-electron chi connectivity index (χ4n) is 2.86. The van der Waals surface area contributed by atoms with Crippen LogP contribution in [0.3, 0.4) is 0 Å². The lowest BCUT2D eigenvalue weighted by molar-refractivity contribution is 0.628. The molecule has 0 saturated carbocycles. The molecule has 0 fully saturated rings. The molecule has 0 aliphatic heterocycles. The molecule has 118 valence electrons. The Morgan fingerprint density at radius 3 is 2.83 bits per heavy atom. The summed E-state index contributed by atoms with van der Waals surface area (Å²) >= 11 is 0. The lowest BCUT2D eigenvalue weighted by Gasteiger charge is -2.13. The molecule has 0 saturated heterocycles.